The van der Waals surface area contributed by atoms with Crippen LogP contribution in [0.1, 0.15) is 33.1 Å². The molecule has 0 bridgehead atoms. The number of methoxy groups -OCH3 is 1. The molecular formula is C22H25N7O2. The Kier molecular flexibility index (Phi) is 4.53. The Hall–Kier alpha value is -3.62. The fourth-order valence-electron chi connectivity index (χ4n) is 4.36. The number of nitrogens with one attached hydrogen (secondary N) is 3. The van der Waals surface area contributed by atoms with Crippen LogP contribution in [-0.4, -0.2) is 48.9 Å². The summed E-state index contributed by atoms with van der Waals surface area (Å²) in [6.07, 6.45) is 9.77. The molecular weight excluding hydrogens is 394 g/mol. The molecule has 9 heteroatoms. The Labute approximate surface area is 179 Å². The molecule has 1 aliphatic rings. The first kappa shape index (κ1) is 19.3. The number of H-pyrrole nitrogens is 1. The monoisotopic (exact) mass is 419 g/mol. The van der Waals surface area contributed by atoms with Gasteiger partial charge in [0.25, 0.3) is 0 Å². The lowest BCUT2D eigenvalue weighted by atomic mass is 9.74. The van der Waals surface area contributed by atoms with Gasteiger partial charge in [-0.15, -0.1) is 0 Å². The smallest absolute Gasteiger partial charge is 0.228 e. The van der Waals surface area contributed by atoms with E-state index in [0.29, 0.717) is 23.9 Å². The van der Waals surface area contributed by atoms with Crippen LogP contribution in [0.2, 0.25) is 0 Å². The number of ether oxygens (including phenoxy) is 1. The van der Waals surface area contributed by atoms with Gasteiger partial charge in [-0.2, -0.15) is 9.97 Å². The largest absolute Gasteiger partial charge is 0.480 e. The first-order valence-electron chi connectivity index (χ1n) is 10.4. The number of imidazole rings is 1. The molecule has 9 nitrogen and oxygen atoms in total. The third kappa shape index (κ3) is 3.45. The van der Waals surface area contributed by atoms with Crippen LogP contribution in [0.4, 0.5) is 5.95 Å². The fraction of sp³-hybridized carbons (Fsp3) is 0.364. The number of amides is 1. The summed E-state index contributed by atoms with van der Waals surface area (Å²) in [6, 6.07) is 4.20. The van der Waals surface area contributed by atoms with Crippen LogP contribution >= 0.6 is 0 Å². The van der Waals surface area contributed by atoms with Gasteiger partial charge >= 0.3 is 0 Å². The number of hydrogen-bond donors (Lipinski definition) is 3. The number of carbonyl (C=O) groups is 1. The standard InChI is InChI=1S/C22H25N7O2/c1-4-17(30)28-22(2)9-14(10-22)25-21-26-19-18(20(27-21)31-3)15(11-24-19)13-5-6-16-23-7-8-29(16)12-13/h5-8,11-12,14H,4,9-10H2,1-3H3,(H,28,30)(H2,24,25,26,27). The van der Waals surface area contributed by atoms with Gasteiger partial charge in [-0.1, -0.05) is 6.92 Å². The van der Waals surface area contributed by atoms with Crippen molar-refractivity contribution in [3.05, 3.63) is 36.9 Å². The summed E-state index contributed by atoms with van der Waals surface area (Å²) in [4.78, 5) is 28.5. The number of aromatic nitrogens is 5. The number of nitrogens with zero attached hydrogens (tertiary/aromatic N) is 4. The molecule has 0 aromatic carbocycles. The van der Waals surface area contributed by atoms with Crippen LogP contribution < -0.4 is 15.4 Å². The van der Waals surface area contributed by atoms with Crippen LogP contribution in [0.5, 0.6) is 5.88 Å². The summed E-state index contributed by atoms with van der Waals surface area (Å²) in [7, 11) is 1.61. The second-order valence-electron chi connectivity index (χ2n) is 8.30. The zero-order valence-corrected chi connectivity index (χ0v) is 17.8. The molecule has 5 rings (SSSR count). The molecule has 0 atom stereocenters. The van der Waals surface area contributed by atoms with E-state index in [-0.39, 0.29) is 17.5 Å². The lowest BCUT2D eigenvalue weighted by molar-refractivity contribution is -0.123. The van der Waals surface area contributed by atoms with Gasteiger partial charge in [0.15, 0.2) is 0 Å². The molecule has 1 amide bonds. The summed E-state index contributed by atoms with van der Waals surface area (Å²) in [5.74, 6) is 1.10. The highest BCUT2D eigenvalue weighted by Gasteiger charge is 2.41. The molecule has 4 aromatic rings. The maximum atomic E-state index is 11.7. The summed E-state index contributed by atoms with van der Waals surface area (Å²) < 4.78 is 7.59. The maximum absolute atomic E-state index is 11.7. The average molecular weight is 419 g/mol. The SMILES string of the molecule is CCC(=O)NC1(C)CC(Nc2nc(OC)c3c(-c4ccc5nccn5c4)c[nH]c3n2)C1. The third-order valence-electron chi connectivity index (χ3n) is 5.88. The van der Waals surface area contributed by atoms with Crippen LogP contribution in [-0.2, 0) is 4.79 Å². The van der Waals surface area contributed by atoms with Crippen LogP contribution in [0.15, 0.2) is 36.9 Å². The van der Waals surface area contributed by atoms with Gasteiger partial charge in [-0.05, 0) is 31.9 Å². The summed E-state index contributed by atoms with van der Waals surface area (Å²) in [5.41, 5.74) is 3.40. The molecule has 0 radical (unpaired) electrons. The van der Waals surface area contributed by atoms with Gasteiger partial charge in [-0.25, -0.2) is 4.98 Å². The van der Waals surface area contributed by atoms with E-state index in [4.69, 9.17) is 4.74 Å². The van der Waals surface area contributed by atoms with Gasteiger partial charge in [0.05, 0.1) is 12.5 Å². The van der Waals surface area contributed by atoms with Crippen LogP contribution in [0.25, 0.3) is 27.8 Å². The molecule has 0 unspecified atom stereocenters. The molecule has 4 heterocycles. The minimum Gasteiger partial charge on any atom is -0.480 e. The Morgan fingerprint density at radius 3 is 2.97 bits per heavy atom. The van der Waals surface area contributed by atoms with E-state index in [0.717, 1.165) is 35.0 Å². The first-order chi connectivity index (χ1) is 15.0. The van der Waals surface area contributed by atoms with E-state index in [9.17, 15) is 4.79 Å². The quantitative estimate of drug-likeness (QED) is 0.443. The summed E-state index contributed by atoms with van der Waals surface area (Å²) >= 11 is 0. The molecule has 0 spiro atoms. The van der Waals surface area contributed by atoms with Crippen molar-refractivity contribution in [2.75, 3.05) is 12.4 Å². The number of pyridine rings is 1. The lowest BCUT2D eigenvalue weighted by Crippen LogP contribution is -2.59. The summed E-state index contributed by atoms with van der Waals surface area (Å²) in [5, 5.41) is 7.30. The highest BCUT2D eigenvalue weighted by atomic mass is 16.5. The molecule has 4 aromatic heterocycles. The molecule has 1 saturated carbocycles. The van der Waals surface area contributed by atoms with E-state index in [1.54, 1.807) is 13.3 Å². The maximum Gasteiger partial charge on any atom is 0.228 e. The zero-order chi connectivity index (χ0) is 21.6. The van der Waals surface area contributed by atoms with Crippen molar-refractivity contribution in [1.29, 1.82) is 0 Å². The van der Waals surface area contributed by atoms with Gasteiger partial charge < -0.3 is 24.8 Å². The molecule has 1 aliphatic carbocycles. The fourth-order valence-corrected chi connectivity index (χ4v) is 4.36. The number of rotatable bonds is 6. The van der Waals surface area contributed by atoms with Crippen molar-refractivity contribution in [3.8, 4) is 17.0 Å². The van der Waals surface area contributed by atoms with Gasteiger partial charge in [-0.3, -0.25) is 4.79 Å². The van der Waals surface area contributed by atoms with E-state index >= 15 is 0 Å². The number of anilines is 1. The predicted molar refractivity (Wildman–Crippen MR) is 118 cm³/mol. The third-order valence-corrected chi connectivity index (χ3v) is 5.88. The molecule has 0 aliphatic heterocycles. The molecule has 0 saturated heterocycles. The number of hydrogen-bond acceptors (Lipinski definition) is 6. The van der Waals surface area contributed by atoms with Crippen molar-refractivity contribution in [3.63, 3.8) is 0 Å². The first-order valence-corrected chi connectivity index (χ1v) is 10.4. The van der Waals surface area contributed by atoms with E-state index in [2.05, 4.69) is 37.5 Å². The Bertz CT molecular complexity index is 1270. The second kappa shape index (κ2) is 7.26. The highest BCUT2D eigenvalue weighted by Crippen LogP contribution is 2.37. The number of carbonyl (C=O) groups excluding carboxylic acids is 1. The number of aromatic amines is 1. The topological polar surface area (TPSA) is 109 Å². The van der Waals surface area contributed by atoms with Crippen LogP contribution in [0, 0.1) is 0 Å². The predicted octanol–water partition coefficient (Wildman–Crippen LogP) is 3.14. The van der Waals surface area contributed by atoms with Gasteiger partial charge in [0.2, 0.25) is 17.7 Å². The number of fused-ring (bicyclic) bond motifs is 2. The van der Waals surface area contributed by atoms with Crippen molar-refractivity contribution in [2.24, 2.45) is 0 Å². The Morgan fingerprint density at radius 2 is 2.19 bits per heavy atom. The Balaban J connectivity index is 1.41. The molecule has 160 valence electrons. The zero-order valence-electron chi connectivity index (χ0n) is 17.8. The van der Waals surface area contributed by atoms with Gasteiger partial charge in [0, 0.05) is 53.9 Å². The van der Waals surface area contributed by atoms with E-state index < -0.39 is 0 Å². The Morgan fingerprint density at radius 1 is 1.35 bits per heavy atom. The van der Waals surface area contributed by atoms with E-state index in [1.165, 1.54) is 0 Å². The minimum atomic E-state index is -0.176. The highest BCUT2D eigenvalue weighted by molar-refractivity contribution is 5.97. The van der Waals surface area contributed by atoms with E-state index in [1.807, 2.05) is 42.0 Å². The van der Waals surface area contributed by atoms with Crippen molar-refractivity contribution >= 4 is 28.5 Å². The second-order valence-corrected chi connectivity index (χ2v) is 8.30. The van der Waals surface area contributed by atoms with Crippen molar-refractivity contribution in [2.45, 2.75) is 44.7 Å². The summed E-state index contributed by atoms with van der Waals surface area (Å²) in [6.45, 7) is 3.93. The van der Waals surface area contributed by atoms with Crippen molar-refractivity contribution in [1.82, 2.24) is 29.7 Å². The molecule has 3 N–H and O–H groups in total. The average Bonchev–Trinajstić information content (AvgIpc) is 3.38. The van der Waals surface area contributed by atoms with Crippen LogP contribution in [0.3, 0.4) is 0 Å². The molecule has 1 fully saturated rings. The minimum absolute atomic E-state index is 0.0769. The lowest BCUT2D eigenvalue weighted by Gasteiger charge is -2.45. The van der Waals surface area contributed by atoms with Crippen molar-refractivity contribution < 1.29 is 9.53 Å². The normalized spacial score (nSPS) is 20.5. The van der Waals surface area contributed by atoms with Gasteiger partial charge in [0.1, 0.15) is 11.3 Å². The molecule has 31 heavy (non-hydrogen) atoms.